The molecule has 7 heteroatoms. The quantitative estimate of drug-likeness (QED) is 0.651. The van der Waals surface area contributed by atoms with Crippen molar-refractivity contribution in [1.82, 2.24) is 0 Å². The van der Waals surface area contributed by atoms with Gasteiger partial charge in [0.2, 0.25) is 0 Å². The number of rotatable bonds is 5. The average Bonchev–Trinajstić information content (AvgIpc) is 2.61. The molecule has 0 heterocycles. The summed E-state index contributed by atoms with van der Waals surface area (Å²) in [5, 5.41) is 36.7. The summed E-state index contributed by atoms with van der Waals surface area (Å²) < 4.78 is 0. The van der Waals surface area contributed by atoms with Gasteiger partial charge in [-0.3, -0.25) is 4.79 Å². The van der Waals surface area contributed by atoms with Crippen LogP contribution in [0.2, 0.25) is 0 Å². The topological polar surface area (TPSA) is 120 Å². The fraction of sp³-hybridized carbons (Fsp3) is 0.263. The van der Waals surface area contributed by atoms with Crippen LogP contribution < -0.4 is 0 Å². The number of carboxylic acid groups (broad SMARTS) is 2. The second-order valence-corrected chi connectivity index (χ2v) is 6.25. The molecule has 3 rings (SSSR count). The number of fused-ring (bicyclic) bond motifs is 1. The summed E-state index contributed by atoms with van der Waals surface area (Å²) in [6.45, 7) is 0. The van der Waals surface area contributed by atoms with Gasteiger partial charge in [0.05, 0.1) is 17.7 Å². The molecular formula is C19H18N2O5. The molecule has 3 aliphatic rings. The third kappa shape index (κ3) is 3.72. The van der Waals surface area contributed by atoms with Gasteiger partial charge in [-0.2, -0.15) is 10.2 Å². The summed E-state index contributed by atoms with van der Waals surface area (Å²) in [7, 11) is 0. The lowest BCUT2D eigenvalue weighted by molar-refractivity contribution is -0.136. The fourth-order valence-electron chi connectivity index (χ4n) is 3.12. The van der Waals surface area contributed by atoms with Crippen molar-refractivity contribution in [3.63, 3.8) is 0 Å². The van der Waals surface area contributed by atoms with Gasteiger partial charge in [-0.25, -0.2) is 4.79 Å². The van der Waals surface area contributed by atoms with Gasteiger partial charge >= 0.3 is 11.9 Å². The van der Waals surface area contributed by atoms with E-state index < -0.39 is 11.9 Å². The molecule has 0 bridgehead atoms. The van der Waals surface area contributed by atoms with E-state index in [-0.39, 0.29) is 35.3 Å². The van der Waals surface area contributed by atoms with Crippen molar-refractivity contribution in [3.8, 4) is 0 Å². The standard InChI is InChI=1S/C19H18N2O5/c22-16(23)9-11-5-7-13(8-6-11)20-21-17-14-4-2-1-3-12(14)10-15(18(17)24)19(25)26/h1-5,7,10,12,14,24H,6,8-9H2,(H,22,23)(H,25,26)/b21-20+. The Morgan fingerprint density at radius 2 is 1.85 bits per heavy atom. The van der Waals surface area contributed by atoms with Crippen LogP contribution in [0.15, 0.2) is 81.1 Å². The highest BCUT2D eigenvalue weighted by Crippen LogP contribution is 2.38. The van der Waals surface area contributed by atoms with Gasteiger partial charge < -0.3 is 15.3 Å². The van der Waals surface area contributed by atoms with Gasteiger partial charge in [0.15, 0.2) is 5.76 Å². The van der Waals surface area contributed by atoms with Crippen LogP contribution in [0.25, 0.3) is 0 Å². The van der Waals surface area contributed by atoms with E-state index in [0.717, 1.165) is 5.57 Å². The van der Waals surface area contributed by atoms with Crippen molar-refractivity contribution in [3.05, 3.63) is 70.8 Å². The summed E-state index contributed by atoms with van der Waals surface area (Å²) in [5.74, 6) is -2.92. The Morgan fingerprint density at radius 3 is 2.50 bits per heavy atom. The van der Waals surface area contributed by atoms with Crippen LogP contribution in [0, 0.1) is 11.8 Å². The Balaban J connectivity index is 1.86. The first kappa shape index (κ1) is 17.6. The maximum atomic E-state index is 11.4. The summed E-state index contributed by atoms with van der Waals surface area (Å²) >= 11 is 0. The van der Waals surface area contributed by atoms with Crippen LogP contribution in [-0.4, -0.2) is 27.3 Å². The zero-order valence-electron chi connectivity index (χ0n) is 13.9. The molecule has 0 aliphatic heterocycles. The minimum absolute atomic E-state index is 0.000509. The molecule has 3 N–H and O–H groups in total. The van der Waals surface area contributed by atoms with E-state index in [1.807, 2.05) is 24.3 Å². The fourth-order valence-corrected chi connectivity index (χ4v) is 3.12. The highest BCUT2D eigenvalue weighted by molar-refractivity contribution is 5.91. The number of hydrogen-bond donors (Lipinski definition) is 3. The minimum Gasteiger partial charge on any atom is -0.505 e. The molecule has 0 fully saturated rings. The lowest BCUT2D eigenvalue weighted by Crippen LogP contribution is -2.22. The SMILES string of the molecule is O=C(O)CC1=CC=C(/N=N/C2=C(O)C(C(=O)O)=CC3C=CC=CC23)CC1. The van der Waals surface area contributed by atoms with Crippen LogP contribution in [0.3, 0.4) is 0 Å². The van der Waals surface area contributed by atoms with E-state index in [4.69, 9.17) is 5.11 Å². The monoisotopic (exact) mass is 354 g/mol. The van der Waals surface area contributed by atoms with Crippen molar-refractivity contribution in [2.24, 2.45) is 22.1 Å². The minimum atomic E-state index is -1.21. The van der Waals surface area contributed by atoms with Gasteiger partial charge in [0.1, 0.15) is 5.70 Å². The Bertz CT molecular complexity index is 855. The Hall–Kier alpha value is -3.22. The smallest absolute Gasteiger partial charge is 0.339 e. The molecule has 0 spiro atoms. The van der Waals surface area contributed by atoms with Crippen molar-refractivity contribution < 1.29 is 24.9 Å². The average molecular weight is 354 g/mol. The molecule has 26 heavy (non-hydrogen) atoms. The molecular weight excluding hydrogens is 336 g/mol. The molecule has 0 radical (unpaired) electrons. The van der Waals surface area contributed by atoms with Gasteiger partial charge in [0.25, 0.3) is 0 Å². The number of hydrogen-bond acceptors (Lipinski definition) is 5. The summed E-state index contributed by atoms with van der Waals surface area (Å²) in [6.07, 6.45) is 13.4. The molecule has 2 atom stereocenters. The largest absolute Gasteiger partial charge is 0.505 e. The van der Waals surface area contributed by atoms with Crippen LogP contribution in [-0.2, 0) is 9.59 Å². The predicted molar refractivity (Wildman–Crippen MR) is 93.1 cm³/mol. The van der Waals surface area contributed by atoms with Crippen LogP contribution >= 0.6 is 0 Å². The molecule has 2 unspecified atom stereocenters. The van der Waals surface area contributed by atoms with E-state index in [1.54, 1.807) is 12.2 Å². The third-order valence-corrected chi connectivity index (χ3v) is 4.46. The van der Waals surface area contributed by atoms with Crippen molar-refractivity contribution in [1.29, 1.82) is 0 Å². The number of aliphatic hydroxyl groups excluding tert-OH is 1. The van der Waals surface area contributed by atoms with Crippen molar-refractivity contribution in [2.45, 2.75) is 19.3 Å². The molecule has 3 aliphatic carbocycles. The predicted octanol–water partition coefficient (Wildman–Crippen LogP) is 3.67. The lowest BCUT2D eigenvalue weighted by atomic mass is 9.80. The molecule has 0 aromatic rings. The molecule has 0 saturated heterocycles. The molecule has 0 amide bonds. The molecule has 134 valence electrons. The van der Waals surface area contributed by atoms with Crippen LogP contribution in [0.1, 0.15) is 19.3 Å². The summed E-state index contributed by atoms with van der Waals surface area (Å²) in [4.78, 5) is 22.1. The second-order valence-electron chi connectivity index (χ2n) is 6.25. The maximum absolute atomic E-state index is 11.4. The van der Waals surface area contributed by atoms with Gasteiger partial charge in [0, 0.05) is 11.8 Å². The zero-order valence-corrected chi connectivity index (χ0v) is 13.9. The third-order valence-electron chi connectivity index (χ3n) is 4.46. The number of aliphatic carboxylic acids is 2. The van der Waals surface area contributed by atoms with E-state index in [9.17, 15) is 19.8 Å². The number of carbonyl (C=O) groups is 2. The first-order chi connectivity index (χ1) is 12.5. The maximum Gasteiger partial charge on any atom is 0.339 e. The van der Waals surface area contributed by atoms with Gasteiger partial charge in [-0.1, -0.05) is 42.0 Å². The Labute approximate surface area is 149 Å². The lowest BCUT2D eigenvalue weighted by Gasteiger charge is -2.26. The molecule has 0 aromatic heterocycles. The van der Waals surface area contributed by atoms with E-state index in [1.165, 1.54) is 6.08 Å². The van der Waals surface area contributed by atoms with Gasteiger partial charge in [-0.05, 0) is 18.9 Å². The second kappa shape index (κ2) is 7.35. The first-order valence-electron chi connectivity index (χ1n) is 8.21. The Morgan fingerprint density at radius 1 is 1.08 bits per heavy atom. The van der Waals surface area contributed by atoms with Gasteiger partial charge in [-0.15, -0.1) is 0 Å². The molecule has 0 aromatic carbocycles. The highest BCUT2D eigenvalue weighted by atomic mass is 16.4. The number of azo groups is 1. The zero-order chi connectivity index (χ0) is 18.7. The number of carboxylic acids is 2. The van der Waals surface area contributed by atoms with E-state index in [0.29, 0.717) is 18.5 Å². The normalized spacial score (nSPS) is 24.8. The number of nitrogens with zero attached hydrogens (tertiary/aromatic N) is 2. The first-order valence-corrected chi connectivity index (χ1v) is 8.21. The molecule has 0 saturated carbocycles. The van der Waals surface area contributed by atoms with Crippen LogP contribution in [0.5, 0.6) is 0 Å². The number of aliphatic hydroxyl groups is 1. The van der Waals surface area contributed by atoms with Crippen molar-refractivity contribution >= 4 is 11.9 Å². The highest BCUT2D eigenvalue weighted by Gasteiger charge is 2.33. The molecule has 7 nitrogen and oxygen atoms in total. The Kier molecular flexibility index (Phi) is 4.97. The van der Waals surface area contributed by atoms with Crippen LogP contribution in [0.4, 0.5) is 0 Å². The summed E-state index contributed by atoms with van der Waals surface area (Å²) in [6, 6.07) is 0. The van der Waals surface area contributed by atoms with Crippen molar-refractivity contribution in [2.75, 3.05) is 0 Å². The van der Waals surface area contributed by atoms with E-state index in [2.05, 4.69) is 10.2 Å². The summed E-state index contributed by atoms with van der Waals surface area (Å²) in [5.41, 5.74) is 1.50. The van der Waals surface area contributed by atoms with E-state index >= 15 is 0 Å². The number of allylic oxidation sites excluding steroid dienone is 8.